The SMILES string of the molecule is CCC(C)(C)C(=O)On1c(=O)[nH]c(=O)c2c1ncn2Cc1ccccc1. The molecule has 136 valence electrons. The fraction of sp³-hybridized carbons (Fsp3) is 0.333. The first-order chi connectivity index (χ1) is 12.3. The van der Waals surface area contributed by atoms with E-state index in [1.54, 1.807) is 18.4 Å². The minimum atomic E-state index is -0.840. The van der Waals surface area contributed by atoms with Crippen LogP contribution >= 0.6 is 0 Å². The zero-order valence-electron chi connectivity index (χ0n) is 14.9. The van der Waals surface area contributed by atoms with Crippen LogP contribution < -0.4 is 16.1 Å². The summed E-state index contributed by atoms with van der Waals surface area (Å²) in [5.74, 6) is -0.576. The van der Waals surface area contributed by atoms with E-state index in [0.29, 0.717) is 13.0 Å². The van der Waals surface area contributed by atoms with Crippen molar-refractivity contribution in [3.05, 3.63) is 63.1 Å². The molecule has 2 aromatic heterocycles. The van der Waals surface area contributed by atoms with Gasteiger partial charge in [-0.2, -0.15) is 0 Å². The maximum absolute atomic E-state index is 12.3. The van der Waals surface area contributed by atoms with Crippen molar-refractivity contribution in [2.45, 2.75) is 33.7 Å². The van der Waals surface area contributed by atoms with E-state index in [0.717, 1.165) is 10.3 Å². The van der Waals surface area contributed by atoms with Crippen LogP contribution in [0.3, 0.4) is 0 Å². The minimum Gasteiger partial charge on any atom is -0.329 e. The molecule has 3 aromatic rings. The number of carbonyl (C=O) groups is 1. The Morgan fingerprint density at radius 1 is 1.23 bits per heavy atom. The second-order valence-corrected chi connectivity index (χ2v) is 6.70. The summed E-state index contributed by atoms with van der Waals surface area (Å²) in [7, 11) is 0. The zero-order valence-corrected chi connectivity index (χ0v) is 14.9. The summed E-state index contributed by atoms with van der Waals surface area (Å²) in [6.07, 6.45) is 1.98. The van der Waals surface area contributed by atoms with Crippen LogP contribution in [0.4, 0.5) is 0 Å². The highest BCUT2D eigenvalue weighted by molar-refractivity contribution is 5.77. The summed E-state index contributed by atoms with van der Waals surface area (Å²) in [6, 6.07) is 9.51. The van der Waals surface area contributed by atoms with E-state index in [9.17, 15) is 14.4 Å². The van der Waals surface area contributed by atoms with Crippen molar-refractivity contribution in [2.24, 2.45) is 5.41 Å². The molecule has 0 unspecified atom stereocenters. The Labute approximate surface area is 149 Å². The van der Waals surface area contributed by atoms with Gasteiger partial charge in [0.15, 0.2) is 5.52 Å². The molecule has 26 heavy (non-hydrogen) atoms. The van der Waals surface area contributed by atoms with Crippen molar-refractivity contribution in [3.8, 4) is 0 Å². The molecule has 1 N–H and O–H groups in total. The normalized spacial score (nSPS) is 11.7. The fourth-order valence-electron chi connectivity index (χ4n) is 2.39. The summed E-state index contributed by atoms with van der Waals surface area (Å²) in [4.78, 5) is 48.3. The van der Waals surface area contributed by atoms with Gasteiger partial charge in [0, 0.05) is 6.54 Å². The highest BCUT2D eigenvalue weighted by Crippen LogP contribution is 2.20. The Kier molecular flexibility index (Phi) is 4.50. The third-order valence-electron chi connectivity index (χ3n) is 4.44. The van der Waals surface area contributed by atoms with Gasteiger partial charge in [-0.25, -0.2) is 14.6 Å². The molecule has 8 heteroatoms. The number of fused-ring (bicyclic) bond motifs is 1. The molecule has 3 rings (SSSR count). The molecule has 2 heterocycles. The number of nitrogens with one attached hydrogen (secondary N) is 1. The summed E-state index contributed by atoms with van der Waals surface area (Å²) in [5, 5.41) is 0. The first-order valence-corrected chi connectivity index (χ1v) is 8.30. The van der Waals surface area contributed by atoms with Crippen LogP contribution in [0, 0.1) is 5.41 Å². The Balaban J connectivity index is 2.07. The van der Waals surface area contributed by atoms with Crippen molar-refractivity contribution >= 4 is 17.1 Å². The number of benzene rings is 1. The Morgan fingerprint density at radius 3 is 2.58 bits per heavy atom. The van der Waals surface area contributed by atoms with Gasteiger partial charge in [0.05, 0.1) is 11.7 Å². The maximum atomic E-state index is 12.3. The van der Waals surface area contributed by atoms with Crippen LogP contribution in [0.5, 0.6) is 0 Å². The second kappa shape index (κ2) is 6.62. The standard InChI is InChI=1S/C18H20N4O4/c1-4-18(2,3)16(24)26-22-14-13(15(23)20-17(22)25)21(11-19-14)10-12-8-6-5-7-9-12/h5-9,11H,4,10H2,1-3H3,(H,20,23,25). The lowest BCUT2D eigenvalue weighted by Gasteiger charge is -2.19. The summed E-state index contributed by atoms with van der Waals surface area (Å²) < 4.78 is 2.36. The number of hydrogen-bond donors (Lipinski definition) is 1. The lowest BCUT2D eigenvalue weighted by Crippen LogP contribution is -2.41. The van der Waals surface area contributed by atoms with Crippen LogP contribution in [0.1, 0.15) is 32.8 Å². The van der Waals surface area contributed by atoms with E-state index >= 15 is 0 Å². The van der Waals surface area contributed by atoms with Crippen LogP contribution in [0.2, 0.25) is 0 Å². The number of aromatic nitrogens is 4. The van der Waals surface area contributed by atoms with Gasteiger partial charge in [0.1, 0.15) is 0 Å². The highest BCUT2D eigenvalue weighted by Gasteiger charge is 2.29. The Hall–Kier alpha value is -3.16. The average molecular weight is 356 g/mol. The van der Waals surface area contributed by atoms with Crippen molar-refractivity contribution < 1.29 is 9.63 Å². The molecule has 1 aromatic carbocycles. The lowest BCUT2D eigenvalue weighted by molar-refractivity contribution is -0.154. The second-order valence-electron chi connectivity index (χ2n) is 6.70. The fourth-order valence-corrected chi connectivity index (χ4v) is 2.39. The van der Waals surface area contributed by atoms with Crippen LogP contribution in [0.25, 0.3) is 11.2 Å². The van der Waals surface area contributed by atoms with Crippen LogP contribution in [-0.4, -0.2) is 25.2 Å². The first-order valence-electron chi connectivity index (χ1n) is 8.30. The molecule has 0 aliphatic carbocycles. The molecule has 0 radical (unpaired) electrons. The molecule has 0 saturated heterocycles. The quantitative estimate of drug-likeness (QED) is 0.743. The molecule has 0 amide bonds. The number of imidazole rings is 1. The Morgan fingerprint density at radius 2 is 1.92 bits per heavy atom. The van der Waals surface area contributed by atoms with E-state index < -0.39 is 22.6 Å². The smallest absolute Gasteiger partial charge is 0.329 e. The van der Waals surface area contributed by atoms with Crippen molar-refractivity contribution in [3.63, 3.8) is 0 Å². The molecule has 0 atom stereocenters. The van der Waals surface area contributed by atoms with E-state index in [1.165, 1.54) is 6.33 Å². The number of carbonyl (C=O) groups excluding carboxylic acids is 1. The minimum absolute atomic E-state index is 0.00920. The predicted octanol–water partition coefficient (Wildman–Crippen LogP) is 1.33. The highest BCUT2D eigenvalue weighted by atomic mass is 16.7. The number of rotatable bonds is 5. The lowest BCUT2D eigenvalue weighted by atomic mass is 9.91. The van der Waals surface area contributed by atoms with Gasteiger partial charge in [-0.1, -0.05) is 42.0 Å². The number of nitrogens with zero attached hydrogens (tertiary/aromatic N) is 3. The van der Waals surface area contributed by atoms with Gasteiger partial charge in [-0.05, 0) is 25.8 Å². The van der Waals surface area contributed by atoms with Crippen molar-refractivity contribution in [1.82, 2.24) is 19.3 Å². The van der Waals surface area contributed by atoms with Gasteiger partial charge in [0.2, 0.25) is 5.65 Å². The molecular formula is C18H20N4O4. The molecule has 8 nitrogen and oxygen atoms in total. The molecule has 0 saturated carbocycles. The zero-order chi connectivity index (χ0) is 18.9. The van der Waals surface area contributed by atoms with Gasteiger partial charge >= 0.3 is 11.7 Å². The summed E-state index contributed by atoms with van der Waals surface area (Å²) in [5.41, 5.74) is -1.05. The number of H-pyrrole nitrogens is 1. The third kappa shape index (κ3) is 3.17. The first kappa shape index (κ1) is 17.7. The molecular weight excluding hydrogens is 336 g/mol. The van der Waals surface area contributed by atoms with Gasteiger partial charge in [-0.15, -0.1) is 0 Å². The molecule has 0 spiro atoms. The van der Waals surface area contributed by atoms with Gasteiger partial charge in [-0.3, -0.25) is 9.78 Å². The summed E-state index contributed by atoms with van der Waals surface area (Å²) >= 11 is 0. The van der Waals surface area contributed by atoms with E-state index in [-0.39, 0.29) is 11.2 Å². The summed E-state index contributed by atoms with van der Waals surface area (Å²) in [6.45, 7) is 5.68. The van der Waals surface area contributed by atoms with E-state index in [2.05, 4.69) is 9.97 Å². The molecule has 0 aliphatic heterocycles. The van der Waals surface area contributed by atoms with Crippen molar-refractivity contribution in [2.75, 3.05) is 0 Å². The molecule has 0 bridgehead atoms. The Bertz CT molecular complexity index is 1060. The van der Waals surface area contributed by atoms with E-state index in [1.807, 2.05) is 37.3 Å². The average Bonchev–Trinajstić information content (AvgIpc) is 3.03. The topological polar surface area (TPSA) is 99.0 Å². The molecule has 0 aliphatic rings. The van der Waals surface area contributed by atoms with Gasteiger partial charge in [0.25, 0.3) is 5.56 Å². The van der Waals surface area contributed by atoms with Crippen LogP contribution in [-0.2, 0) is 11.3 Å². The predicted molar refractivity (Wildman–Crippen MR) is 95.8 cm³/mol. The van der Waals surface area contributed by atoms with Gasteiger partial charge < -0.3 is 9.40 Å². The third-order valence-corrected chi connectivity index (χ3v) is 4.44. The molecule has 0 fully saturated rings. The van der Waals surface area contributed by atoms with Crippen LogP contribution in [0.15, 0.2) is 46.2 Å². The largest absolute Gasteiger partial charge is 0.364 e. The van der Waals surface area contributed by atoms with Crippen molar-refractivity contribution in [1.29, 1.82) is 0 Å². The maximum Gasteiger partial charge on any atom is 0.364 e. The number of hydrogen-bond acceptors (Lipinski definition) is 5. The van der Waals surface area contributed by atoms with E-state index in [4.69, 9.17) is 4.84 Å². The number of aromatic amines is 1. The monoisotopic (exact) mass is 356 g/mol.